The van der Waals surface area contributed by atoms with Gasteiger partial charge in [-0.2, -0.15) is 5.10 Å². The van der Waals surface area contributed by atoms with Gasteiger partial charge in [-0.25, -0.2) is 13.6 Å². The summed E-state index contributed by atoms with van der Waals surface area (Å²) in [5.74, 6) is -1.58. The van der Waals surface area contributed by atoms with Crippen molar-refractivity contribution in [1.29, 1.82) is 0 Å². The van der Waals surface area contributed by atoms with Gasteiger partial charge < -0.3 is 10.2 Å². The van der Waals surface area contributed by atoms with Crippen molar-refractivity contribution in [3.05, 3.63) is 35.5 Å². The number of halogens is 2. The Morgan fingerprint density at radius 3 is 2.56 bits per heavy atom. The van der Waals surface area contributed by atoms with Crippen LogP contribution in [0.4, 0.5) is 8.78 Å². The molecule has 7 heteroatoms. The molecule has 0 aliphatic carbocycles. The molecule has 94 valence electrons. The first-order chi connectivity index (χ1) is 8.49. The van der Waals surface area contributed by atoms with E-state index in [0.717, 1.165) is 12.1 Å². The van der Waals surface area contributed by atoms with E-state index in [-0.39, 0.29) is 28.3 Å². The van der Waals surface area contributed by atoms with Gasteiger partial charge in [0.25, 0.3) is 6.43 Å². The maximum Gasteiger partial charge on any atom is 0.353 e. The molecule has 5 nitrogen and oxygen atoms in total. The number of aromatic carboxylic acids is 1. The molecular formula is C11H8F2N2O3. The zero-order valence-electron chi connectivity index (χ0n) is 8.89. The Labute approximate surface area is 99.7 Å². The van der Waals surface area contributed by atoms with Crippen LogP contribution in [0.15, 0.2) is 24.3 Å². The molecule has 0 aliphatic heterocycles. The van der Waals surface area contributed by atoms with E-state index in [1.165, 1.54) is 12.1 Å². The lowest BCUT2D eigenvalue weighted by Gasteiger charge is -2.04. The van der Waals surface area contributed by atoms with E-state index in [1.807, 2.05) is 0 Å². The molecule has 1 aromatic heterocycles. The van der Waals surface area contributed by atoms with Crippen LogP contribution in [0.5, 0.6) is 5.75 Å². The SMILES string of the molecule is O=C(O)c1cc(-c2ccc(C(F)F)cc2O)n[nH]1. The van der Waals surface area contributed by atoms with E-state index in [4.69, 9.17) is 5.11 Å². The molecule has 0 spiro atoms. The van der Waals surface area contributed by atoms with Crippen LogP contribution in [0.2, 0.25) is 0 Å². The Balaban J connectivity index is 2.41. The van der Waals surface area contributed by atoms with Gasteiger partial charge in [0, 0.05) is 11.1 Å². The van der Waals surface area contributed by atoms with Crippen LogP contribution in [0, 0.1) is 0 Å². The van der Waals surface area contributed by atoms with E-state index >= 15 is 0 Å². The molecule has 1 heterocycles. The number of aromatic nitrogens is 2. The zero-order valence-corrected chi connectivity index (χ0v) is 8.89. The third kappa shape index (κ3) is 2.15. The van der Waals surface area contributed by atoms with Crippen molar-refractivity contribution >= 4 is 5.97 Å². The molecule has 3 N–H and O–H groups in total. The van der Waals surface area contributed by atoms with Crippen LogP contribution in [0.3, 0.4) is 0 Å². The van der Waals surface area contributed by atoms with Gasteiger partial charge in [-0.3, -0.25) is 5.10 Å². The standard InChI is InChI=1S/C11H8F2N2O3/c12-10(13)5-1-2-6(9(16)3-5)7-4-8(11(17)18)15-14-7/h1-4,10,16H,(H,14,15)(H,17,18). The second kappa shape index (κ2) is 4.44. The summed E-state index contributed by atoms with van der Waals surface area (Å²) in [6, 6.07) is 4.54. The van der Waals surface area contributed by atoms with Crippen molar-refractivity contribution in [2.45, 2.75) is 6.43 Å². The molecule has 0 atom stereocenters. The summed E-state index contributed by atoms with van der Waals surface area (Å²) >= 11 is 0. The highest BCUT2D eigenvalue weighted by atomic mass is 19.3. The average Bonchev–Trinajstić information content (AvgIpc) is 2.78. The lowest BCUT2D eigenvalue weighted by molar-refractivity contribution is 0.0690. The van der Waals surface area contributed by atoms with Crippen LogP contribution in [-0.2, 0) is 0 Å². The highest BCUT2D eigenvalue weighted by Gasteiger charge is 2.15. The highest BCUT2D eigenvalue weighted by molar-refractivity contribution is 5.87. The number of aromatic hydroxyl groups is 1. The maximum absolute atomic E-state index is 12.4. The van der Waals surface area contributed by atoms with E-state index < -0.39 is 12.4 Å². The normalized spacial score (nSPS) is 10.8. The number of carbonyl (C=O) groups is 1. The fourth-order valence-corrected chi connectivity index (χ4v) is 1.47. The van der Waals surface area contributed by atoms with E-state index in [9.17, 15) is 18.7 Å². The maximum atomic E-state index is 12.4. The van der Waals surface area contributed by atoms with Gasteiger partial charge in [0.05, 0.1) is 5.69 Å². The Morgan fingerprint density at radius 1 is 1.33 bits per heavy atom. The van der Waals surface area contributed by atoms with Crippen molar-refractivity contribution in [3.8, 4) is 17.0 Å². The number of hydrogen-bond donors (Lipinski definition) is 3. The second-order valence-corrected chi connectivity index (χ2v) is 3.55. The Morgan fingerprint density at radius 2 is 2.06 bits per heavy atom. The molecule has 1 aromatic carbocycles. The highest BCUT2D eigenvalue weighted by Crippen LogP contribution is 2.32. The van der Waals surface area contributed by atoms with Crippen molar-refractivity contribution < 1.29 is 23.8 Å². The van der Waals surface area contributed by atoms with Crippen LogP contribution < -0.4 is 0 Å². The predicted octanol–water partition coefficient (Wildman–Crippen LogP) is 2.42. The van der Waals surface area contributed by atoms with Crippen molar-refractivity contribution in [2.75, 3.05) is 0 Å². The lowest BCUT2D eigenvalue weighted by Crippen LogP contribution is -1.95. The summed E-state index contributed by atoms with van der Waals surface area (Å²) in [4.78, 5) is 10.6. The molecule has 0 amide bonds. The van der Waals surface area contributed by atoms with E-state index in [1.54, 1.807) is 0 Å². The van der Waals surface area contributed by atoms with Crippen LogP contribution in [0.1, 0.15) is 22.5 Å². The Hall–Kier alpha value is -2.44. The molecule has 0 unspecified atom stereocenters. The first-order valence-corrected chi connectivity index (χ1v) is 4.89. The summed E-state index contributed by atoms with van der Waals surface area (Å²) in [6.07, 6.45) is -2.68. The number of rotatable bonds is 3. The molecule has 0 saturated carbocycles. The van der Waals surface area contributed by atoms with Crippen molar-refractivity contribution in [3.63, 3.8) is 0 Å². The van der Waals surface area contributed by atoms with Gasteiger partial charge in [0.15, 0.2) is 0 Å². The smallest absolute Gasteiger partial charge is 0.353 e. The minimum absolute atomic E-state index is 0.151. The number of benzene rings is 1. The number of nitrogens with one attached hydrogen (secondary N) is 1. The summed E-state index contributed by atoms with van der Waals surface area (Å²) in [7, 11) is 0. The number of aromatic amines is 1. The van der Waals surface area contributed by atoms with Gasteiger partial charge in [0.2, 0.25) is 0 Å². The number of carboxylic acid groups (broad SMARTS) is 1. The minimum atomic E-state index is -2.68. The molecule has 0 bridgehead atoms. The molecule has 0 aliphatic rings. The third-order valence-electron chi connectivity index (χ3n) is 2.36. The Bertz CT molecular complexity index is 596. The summed E-state index contributed by atoms with van der Waals surface area (Å²) < 4.78 is 24.8. The van der Waals surface area contributed by atoms with E-state index in [0.29, 0.717) is 0 Å². The molecule has 18 heavy (non-hydrogen) atoms. The summed E-state index contributed by atoms with van der Waals surface area (Å²) in [6.45, 7) is 0. The number of phenolic OH excluding ortho intramolecular Hbond substituents is 1. The van der Waals surface area contributed by atoms with Crippen molar-refractivity contribution in [1.82, 2.24) is 10.2 Å². The average molecular weight is 254 g/mol. The lowest BCUT2D eigenvalue weighted by atomic mass is 10.1. The third-order valence-corrected chi connectivity index (χ3v) is 2.36. The predicted molar refractivity (Wildman–Crippen MR) is 57.6 cm³/mol. The molecule has 0 fully saturated rings. The van der Waals surface area contributed by atoms with Crippen LogP contribution in [0.25, 0.3) is 11.3 Å². The van der Waals surface area contributed by atoms with Gasteiger partial charge >= 0.3 is 5.97 Å². The molecule has 0 saturated heterocycles. The fourth-order valence-electron chi connectivity index (χ4n) is 1.47. The van der Waals surface area contributed by atoms with E-state index in [2.05, 4.69) is 10.2 Å². The number of nitrogens with zero attached hydrogens (tertiary/aromatic N) is 1. The number of H-pyrrole nitrogens is 1. The van der Waals surface area contributed by atoms with Gasteiger partial charge in [-0.15, -0.1) is 0 Å². The number of alkyl halides is 2. The topological polar surface area (TPSA) is 86.2 Å². The van der Waals surface area contributed by atoms with Crippen LogP contribution in [-0.4, -0.2) is 26.4 Å². The Kier molecular flexibility index (Phi) is 2.97. The molecule has 2 aromatic rings. The largest absolute Gasteiger partial charge is 0.507 e. The molecular weight excluding hydrogens is 246 g/mol. The zero-order chi connectivity index (χ0) is 13.3. The monoisotopic (exact) mass is 254 g/mol. The number of phenols is 1. The number of hydrogen-bond acceptors (Lipinski definition) is 3. The number of carboxylic acids is 1. The van der Waals surface area contributed by atoms with Crippen LogP contribution >= 0.6 is 0 Å². The minimum Gasteiger partial charge on any atom is -0.507 e. The fraction of sp³-hybridized carbons (Fsp3) is 0.0909. The summed E-state index contributed by atoms with van der Waals surface area (Å²) in [5.41, 5.74) is -0.110. The first-order valence-electron chi connectivity index (χ1n) is 4.89. The van der Waals surface area contributed by atoms with Gasteiger partial charge in [-0.05, 0) is 18.2 Å². The van der Waals surface area contributed by atoms with Gasteiger partial charge in [0.1, 0.15) is 11.4 Å². The molecule has 2 rings (SSSR count). The quantitative estimate of drug-likeness (QED) is 0.785. The second-order valence-electron chi connectivity index (χ2n) is 3.55. The van der Waals surface area contributed by atoms with Crippen molar-refractivity contribution in [2.24, 2.45) is 0 Å². The first kappa shape index (κ1) is 12.0. The summed E-state index contributed by atoms with van der Waals surface area (Å²) in [5, 5.41) is 24.3. The molecule has 0 radical (unpaired) electrons. The van der Waals surface area contributed by atoms with Gasteiger partial charge in [-0.1, -0.05) is 6.07 Å².